The Hall–Kier alpha value is -0.340. The van der Waals surface area contributed by atoms with Crippen LogP contribution in [0.2, 0.25) is 0 Å². The first kappa shape index (κ1) is 14.7. The fourth-order valence-electron chi connectivity index (χ4n) is 1.87. The lowest BCUT2D eigenvalue weighted by molar-refractivity contribution is -0.155. The molecule has 0 spiro atoms. The first-order valence-corrected chi connectivity index (χ1v) is 7.47. The minimum absolute atomic E-state index is 0.245. The summed E-state index contributed by atoms with van der Waals surface area (Å²) in [4.78, 5) is 11.3. The molecule has 5 heteroatoms. The predicted octanol–water partition coefficient (Wildman–Crippen LogP) is 2.62. The summed E-state index contributed by atoms with van der Waals surface area (Å²) in [7, 11) is -2.82. The van der Waals surface area contributed by atoms with Gasteiger partial charge >= 0.3 is 5.97 Å². The molecule has 90 valence electrons. The molecule has 0 bridgehead atoms. The van der Waals surface area contributed by atoms with Crippen LogP contribution in [0.15, 0.2) is 0 Å². The lowest BCUT2D eigenvalue weighted by Gasteiger charge is -2.35. The maximum atomic E-state index is 12.5. The van der Waals surface area contributed by atoms with Crippen LogP contribution in [0.5, 0.6) is 0 Å². The average Bonchev–Trinajstić information content (AvgIpc) is 2.24. The van der Waals surface area contributed by atoms with Crippen LogP contribution < -0.4 is 0 Å². The van der Waals surface area contributed by atoms with Crippen molar-refractivity contribution in [1.82, 2.24) is 0 Å². The summed E-state index contributed by atoms with van der Waals surface area (Å²) in [6.07, 6.45) is 0.975. The van der Waals surface area contributed by atoms with Crippen molar-refractivity contribution >= 4 is 13.1 Å². The van der Waals surface area contributed by atoms with Gasteiger partial charge in [0, 0.05) is 18.9 Å². The highest BCUT2D eigenvalue weighted by Gasteiger charge is 2.51. The smallest absolute Gasteiger partial charge is 0.343 e. The molecule has 0 saturated carbocycles. The van der Waals surface area contributed by atoms with Crippen LogP contribution >= 0.6 is 7.14 Å². The maximum Gasteiger partial charge on any atom is 0.343 e. The molecule has 1 N–H and O–H groups in total. The van der Waals surface area contributed by atoms with Crippen LogP contribution in [0.25, 0.3) is 0 Å². The Morgan fingerprint density at radius 1 is 1.27 bits per heavy atom. The molecule has 0 radical (unpaired) electrons. The molecule has 0 rings (SSSR count). The molecular formula is C10H21O4P. The van der Waals surface area contributed by atoms with E-state index in [1.807, 2.05) is 0 Å². The van der Waals surface area contributed by atoms with Gasteiger partial charge in [0.2, 0.25) is 5.34 Å². The highest BCUT2D eigenvalue weighted by Crippen LogP contribution is 2.59. The first-order chi connectivity index (χ1) is 6.94. The minimum Gasteiger partial charge on any atom is -0.479 e. The predicted molar refractivity (Wildman–Crippen MR) is 61.0 cm³/mol. The first-order valence-electron chi connectivity index (χ1n) is 5.39. The highest BCUT2D eigenvalue weighted by molar-refractivity contribution is 7.66. The molecule has 4 nitrogen and oxygen atoms in total. The van der Waals surface area contributed by atoms with E-state index in [0.29, 0.717) is 12.3 Å². The summed E-state index contributed by atoms with van der Waals surface area (Å²) in [5.41, 5.74) is 0. The molecule has 0 heterocycles. The van der Waals surface area contributed by atoms with Gasteiger partial charge in [-0.15, -0.1) is 0 Å². The van der Waals surface area contributed by atoms with Gasteiger partial charge in [-0.25, -0.2) is 4.79 Å². The quantitative estimate of drug-likeness (QED) is 0.690. The normalized spacial score (nSPS) is 16.0. The molecule has 0 amide bonds. The molecule has 0 aliphatic rings. The summed E-state index contributed by atoms with van der Waals surface area (Å²) < 4.78 is 17.9. The Kier molecular flexibility index (Phi) is 5.54. The monoisotopic (exact) mass is 236 g/mol. The van der Waals surface area contributed by atoms with Gasteiger partial charge in [-0.2, -0.15) is 0 Å². The molecule has 0 fully saturated rings. The van der Waals surface area contributed by atoms with Crippen molar-refractivity contribution in [2.75, 3.05) is 18.9 Å². The maximum absolute atomic E-state index is 12.5. The van der Waals surface area contributed by atoms with Crippen LogP contribution in [0.4, 0.5) is 0 Å². The number of carbonyl (C=O) groups is 1. The van der Waals surface area contributed by atoms with Crippen LogP contribution in [-0.2, 0) is 14.1 Å². The lowest BCUT2D eigenvalue weighted by Crippen LogP contribution is -2.42. The Bertz CT molecular complexity index is 256. The van der Waals surface area contributed by atoms with Crippen molar-refractivity contribution in [3.05, 3.63) is 0 Å². The van der Waals surface area contributed by atoms with E-state index in [-0.39, 0.29) is 13.0 Å². The van der Waals surface area contributed by atoms with Crippen molar-refractivity contribution in [3.63, 3.8) is 0 Å². The van der Waals surface area contributed by atoms with Gasteiger partial charge in [-0.05, 0) is 13.3 Å². The Balaban J connectivity index is 5.41. The number of ether oxygens (including phenoxy) is 1. The van der Waals surface area contributed by atoms with E-state index in [1.165, 1.54) is 0 Å². The second-order valence-corrected chi connectivity index (χ2v) is 7.16. The molecule has 1 atom stereocenters. The fourth-order valence-corrected chi connectivity index (χ4v) is 4.63. The lowest BCUT2D eigenvalue weighted by atomic mass is 10.3. The third kappa shape index (κ3) is 2.43. The van der Waals surface area contributed by atoms with Gasteiger partial charge in [-0.1, -0.05) is 20.8 Å². The number of hydrogen-bond donors (Lipinski definition) is 1. The second kappa shape index (κ2) is 5.66. The molecule has 0 aliphatic carbocycles. The zero-order valence-corrected chi connectivity index (χ0v) is 10.8. The molecule has 15 heavy (non-hydrogen) atoms. The zero-order valence-electron chi connectivity index (χ0n) is 9.95. The number of carboxylic acid groups (broad SMARTS) is 1. The largest absolute Gasteiger partial charge is 0.479 e. The standard InChI is InChI=1S/C10H21O4P/c1-5-10(9(11)12,14-6-2)15(13,7-3)8-4/h5-8H2,1-4H3,(H,11,12). The molecule has 0 aliphatic heterocycles. The van der Waals surface area contributed by atoms with Gasteiger partial charge in [0.1, 0.15) is 7.14 Å². The number of hydrogen-bond acceptors (Lipinski definition) is 3. The Morgan fingerprint density at radius 2 is 1.73 bits per heavy atom. The summed E-state index contributed by atoms with van der Waals surface area (Å²) >= 11 is 0. The van der Waals surface area contributed by atoms with Crippen LogP contribution in [0.3, 0.4) is 0 Å². The molecule has 0 aromatic rings. The van der Waals surface area contributed by atoms with Gasteiger partial charge in [0.05, 0.1) is 0 Å². The Labute approximate surface area is 91.4 Å². The second-order valence-electron chi connectivity index (χ2n) is 3.40. The SMILES string of the molecule is CCOC(CC)(C(=O)O)P(=O)(CC)CC. The third-order valence-electron chi connectivity index (χ3n) is 2.88. The number of carboxylic acids is 1. The molecule has 0 aromatic heterocycles. The third-order valence-corrected chi connectivity index (χ3v) is 6.87. The minimum atomic E-state index is -2.82. The van der Waals surface area contributed by atoms with Gasteiger partial charge in [0.15, 0.2) is 0 Å². The topological polar surface area (TPSA) is 63.6 Å². The van der Waals surface area contributed by atoms with Crippen molar-refractivity contribution in [3.8, 4) is 0 Å². The van der Waals surface area contributed by atoms with Gasteiger partial charge in [-0.3, -0.25) is 0 Å². The van der Waals surface area contributed by atoms with E-state index in [2.05, 4.69) is 0 Å². The molecule has 0 aromatic carbocycles. The molecular weight excluding hydrogens is 215 g/mol. The van der Waals surface area contributed by atoms with E-state index in [4.69, 9.17) is 4.74 Å². The van der Waals surface area contributed by atoms with Gasteiger partial charge in [0.25, 0.3) is 0 Å². The van der Waals surface area contributed by atoms with E-state index in [0.717, 1.165) is 0 Å². The Morgan fingerprint density at radius 3 is 1.93 bits per heavy atom. The van der Waals surface area contributed by atoms with E-state index in [9.17, 15) is 14.5 Å². The highest BCUT2D eigenvalue weighted by atomic mass is 31.2. The molecule has 1 unspecified atom stereocenters. The summed E-state index contributed by atoms with van der Waals surface area (Å²) in [5, 5.41) is 7.77. The van der Waals surface area contributed by atoms with Crippen molar-refractivity contribution < 1.29 is 19.2 Å². The van der Waals surface area contributed by atoms with E-state index in [1.54, 1.807) is 27.7 Å². The number of aliphatic carboxylic acids is 1. The van der Waals surface area contributed by atoms with Gasteiger partial charge < -0.3 is 14.4 Å². The zero-order chi connectivity index (χ0) is 12.1. The average molecular weight is 236 g/mol. The van der Waals surface area contributed by atoms with Crippen LogP contribution in [0.1, 0.15) is 34.1 Å². The van der Waals surface area contributed by atoms with Crippen molar-refractivity contribution in [2.45, 2.75) is 39.5 Å². The summed E-state index contributed by atoms with van der Waals surface area (Å²) in [5.74, 6) is -1.10. The van der Waals surface area contributed by atoms with E-state index < -0.39 is 18.5 Å². The van der Waals surface area contributed by atoms with Crippen LogP contribution in [-0.4, -0.2) is 35.3 Å². The van der Waals surface area contributed by atoms with Crippen molar-refractivity contribution in [1.29, 1.82) is 0 Å². The summed E-state index contributed by atoms with van der Waals surface area (Å²) in [6.45, 7) is 7.22. The molecule has 0 saturated heterocycles. The van der Waals surface area contributed by atoms with Crippen LogP contribution in [0, 0.1) is 0 Å². The van der Waals surface area contributed by atoms with Crippen molar-refractivity contribution in [2.24, 2.45) is 0 Å². The fraction of sp³-hybridized carbons (Fsp3) is 0.900. The van der Waals surface area contributed by atoms with E-state index >= 15 is 0 Å². The summed E-state index contributed by atoms with van der Waals surface area (Å²) in [6, 6.07) is 0. The number of rotatable bonds is 7.